The number of ketones is 1. The van der Waals surface area contributed by atoms with Gasteiger partial charge in [0.05, 0.1) is 0 Å². The largest absolute Gasteiger partial charge is 0.299 e. The average Bonchev–Trinajstić information content (AvgIpc) is 2.01. The van der Waals surface area contributed by atoms with E-state index in [2.05, 4.69) is 6.58 Å². The maximum Gasteiger partial charge on any atom is 0.248 e. The summed E-state index contributed by atoms with van der Waals surface area (Å²) in [6.07, 6.45) is 0.991. The number of carbonyl (C=O) groups is 1. The average molecular weight is 202 g/mol. The first-order valence-electron chi connectivity index (χ1n) is 4.96. The molecule has 3 heteroatoms. The van der Waals surface area contributed by atoms with E-state index in [0.29, 0.717) is 12.8 Å². The van der Waals surface area contributed by atoms with Crippen LogP contribution < -0.4 is 0 Å². The minimum absolute atomic E-state index is 0.0656. The zero-order valence-corrected chi connectivity index (χ0v) is 8.48. The van der Waals surface area contributed by atoms with Crippen LogP contribution in [0.3, 0.4) is 0 Å². The van der Waals surface area contributed by atoms with Gasteiger partial charge in [0.2, 0.25) is 5.92 Å². The fraction of sp³-hybridized carbons (Fsp3) is 0.727. The Labute approximate surface area is 83.2 Å². The van der Waals surface area contributed by atoms with E-state index < -0.39 is 11.8 Å². The number of halogens is 2. The fourth-order valence-corrected chi connectivity index (χ4v) is 1.89. The van der Waals surface area contributed by atoms with Crippen molar-refractivity contribution in [3.8, 4) is 0 Å². The second-order valence-electron chi connectivity index (χ2n) is 4.25. The monoisotopic (exact) mass is 202 g/mol. The molecule has 14 heavy (non-hydrogen) atoms. The van der Waals surface area contributed by atoms with Gasteiger partial charge in [0.25, 0.3) is 0 Å². The quantitative estimate of drug-likeness (QED) is 0.641. The highest BCUT2D eigenvalue weighted by Crippen LogP contribution is 2.37. The van der Waals surface area contributed by atoms with E-state index in [1.165, 1.54) is 0 Å². The van der Waals surface area contributed by atoms with Gasteiger partial charge in [-0.2, -0.15) is 0 Å². The third-order valence-electron chi connectivity index (χ3n) is 2.57. The molecule has 0 bridgehead atoms. The summed E-state index contributed by atoms with van der Waals surface area (Å²) in [6, 6.07) is 0. The molecule has 0 aromatic rings. The molecule has 1 rings (SSSR count). The smallest absolute Gasteiger partial charge is 0.248 e. The number of Topliss-reactive ketones (excluding diaryl/α,β-unsaturated/α-hetero) is 1. The first-order chi connectivity index (χ1) is 6.41. The van der Waals surface area contributed by atoms with E-state index >= 15 is 0 Å². The Kier molecular flexibility index (Phi) is 3.40. The summed E-state index contributed by atoms with van der Waals surface area (Å²) in [4.78, 5) is 11.5. The summed E-state index contributed by atoms with van der Waals surface area (Å²) in [5.74, 6) is -3.15. The first-order valence-corrected chi connectivity index (χ1v) is 4.96. The topological polar surface area (TPSA) is 17.1 Å². The van der Waals surface area contributed by atoms with E-state index in [9.17, 15) is 13.6 Å². The Morgan fingerprint density at radius 3 is 2.71 bits per heavy atom. The van der Waals surface area contributed by atoms with Crippen molar-refractivity contribution in [1.82, 2.24) is 0 Å². The van der Waals surface area contributed by atoms with Gasteiger partial charge in [0, 0.05) is 25.2 Å². The summed E-state index contributed by atoms with van der Waals surface area (Å²) in [7, 11) is 0. The van der Waals surface area contributed by atoms with Crippen molar-refractivity contribution in [2.45, 2.75) is 45.0 Å². The summed E-state index contributed by atoms with van der Waals surface area (Å²) in [6.45, 7) is 5.37. The molecular formula is C11H16F2O. The first kappa shape index (κ1) is 11.3. The van der Waals surface area contributed by atoms with Crippen LogP contribution in [-0.4, -0.2) is 11.7 Å². The Bertz CT molecular complexity index is 246. The molecule has 0 spiro atoms. The number of hydrogen-bond acceptors (Lipinski definition) is 1. The molecule has 1 saturated carbocycles. The fourth-order valence-electron chi connectivity index (χ4n) is 1.89. The molecule has 0 amide bonds. The zero-order valence-electron chi connectivity index (χ0n) is 8.48. The Morgan fingerprint density at radius 1 is 1.57 bits per heavy atom. The molecule has 0 aromatic heterocycles. The molecule has 80 valence electrons. The molecule has 0 radical (unpaired) electrons. The second kappa shape index (κ2) is 4.20. The van der Waals surface area contributed by atoms with Gasteiger partial charge < -0.3 is 0 Å². The number of allylic oxidation sites excluding steroid dienone is 1. The standard InChI is InChI=1S/C11H16F2O/c1-8(2)6-10(14)9-4-3-5-11(12,13)7-9/h9H,1,3-7H2,2H3. The lowest BCUT2D eigenvalue weighted by atomic mass is 9.82. The highest BCUT2D eigenvalue weighted by atomic mass is 19.3. The minimum atomic E-state index is -2.63. The van der Waals surface area contributed by atoms with Crippen LogP contribution >= 0.6 is 0 Å². The molecular weight excluding hydrogens is 186 g/mol. The summed E-state index contributed by atoms with van der Waals surface area (Å²) in [5, 5.41) is 0. The highest BCUT2D eigenvalue weighted by Gasteiger charge is 2.38. The van der Waals surface area contributed by atoms with Crippen LogP contribution in [0, 0.1) is 5.92 Å². The van der Waals surface area contributed by atoms with Gasteiger partial charge in [-0.3, -0.25) is 4.79 Å². The number of rotatable bonds is 3. The zero-order chi connectivity index (χ0) is 10.8. The van der Waals surface area contributed by atoms with E-state index in [-0.39, 0.29) is 25.0 Å². The van der Waals surface area contributed by atoms with Crippen LogP contribution in [0.2, 0.25) is 0 Å². The van der Waals surface area contributed by atoms with E-state index in [0.717, 1.165) is 5.57 Å². The number of hydrogen-bond donors (Lipinski definition) is 0. The predicted molar refractivity (Wildman–Crippen MR) is 51.3 cm³/mol. The van der Waals surface area contributed by atoms with Crippen molar-refractivity contribution in [2.24, 2.45) is 5.92 Å². The van der Waals surface area contributed by atoms with Crippen molar-refractivity contribution in [1.29, 1.82) is 0 Å². The molecule has 1 aliphatic rings. The molecule has 1 aliphatic carbocycles. The van der Waals surface area contributed by atoms with Crippen molar-refractivity contribution in [3.05, 3.63) is 12.2 Å². The predicted octanol–water partition coefficient (Wildman–Crippen LogP) is 3.35. The molecule has 0 N–H and O–H groups in total. The van der Waals surface area contributed by atoms with Crippen molar-refractivity contribution >= 4 is 5.78 Å². The summed E-state index contributed by atoms with van der Waals surface area (Å²) < 4.78 is 26.0. The lowest BCUT2D eigenvalue weighted by Crippen LogP contribution is -2.30. The van der Waals surface area contributed by atoms with Crippen LogP contribution in [0.1, 0.15) is 39.0 Å². The molecule has 1 unspecified atom stereocenters. The SMILES string of the molecule is C=C(C)CC(=O)C1CCCC(F)(F)C1. The molecule has 0 aromatic carbocycles. The van der Waals surface area contributed by atoms with Crippen LogP contribution in [0.4, 0.5) is 8.78 Å². The lowest BCUT2D eigenvalue weighted by molar-refractivity contribution is -0.129. The van der Waals surface area contributed by atoms with E-state index in [1.54, 1.807) is 6.92 Å². The van der Waals surface area contributed by atoms with Gasteiger partial charge in [-0.25, -0.2) is 8.78 Å². The van der Waals surface area contributed by atoms with Crippen molar-refractivity contribution in [2.75, 3.05) is 0 Å². The van der Waals surface area contributed by atoms with Crippen molar-refractivity contribution in [3.63, 3.8) is 0 Å². The van der Waals surface area contributed by atoms with Crippen LogP contribution in [0.15, 0.2) is 12.2 Å². The van der Waals surface area contributed by atoms with Gasteiger partial charge in [-0.05, 0) is 19.8 Å². The van der Waals surface area contributed by atoms with Gasteiger partial charge in [-0.1, -0.05) is 12.2 Å². The minimum Gasteiger partial charge on any atom is -0.299 e. The van der Waals surface area contributed by atoms with Crippen molar-refractivity contribution < 1.29 is 13.6 Å². The number of carbonyl (C=O) groups excluding carboxylic acids is 1. The molecule has 1 atom stereocenters. The third-order valence-corrected chi connectivity index (χ3v) is 2.57. The van der Waals surface area contributed by atoms with E-state index in [1.807, 2.05) is 0 Å². The summed E-state index contributed by atoms with van der Waals surface area (Å²) in [5.41, 5.74) is 0.754. The molecule has 1 nitrogen and oxygen atoms in total. The van der Waals surface area contributed by atoms with Crippen LogP contribution in [-0.2, 0) is 4.79 Å². The van der Waals surface area contributed by atoms with Gasteiger partial charge in [0.15, 0.2) is 0 Å². The molecule has 0 aliphatic heterocycles. The summed E-state index contributed by atoms with van der Waals surface area (Å²) >= 11 is 0. The second-order valence-corrected chi connectivity index (χ2v) is 4.25. The Balaban J connectivity index is 2.52. The van der Waals surface area contributed by atoms with Gasteiger partial charge in [0.1, 0.15) is 5.78 Å². The normalized spacial score (nSPS) is 25.8. The van der Waals surface area contributed by atoms with Crippen LogP contribution in [0.25, 0.3) is 0 Å². The molecule has 0 saturated heterocycles. The maximum absolute atomic E-state index is 13.0. The van der Waals surface area contributed by atoms with Gasteiger partial charge in [-0.15, -0.1) is 0 Å². The molecule has 0 heterocycles. The Hall–Kier alpha value is -0.730. The lowest BCUT2D eigenvalue weighted by Gasteiger charge is -2.27. The third kappa shape index (κ3) is 3.20. The van der Waals surface area contributed by atoms with Gasteiger partial charge >= 0.3 is 0 Å². The van der Waals surface area contributed by atoms with Crippen LogP contribution in [0.5, 0.6) is 0 Å². The maximum atomic E-state index is 13.0. The van der Waals surface area contributed by atoms with E-state index in [4.69, 9.17) is 0 Å². The Morgan fingerprint density at radius 2 is 2.21 bits per heavy atom. The molecule has 1 fully saturated rings. The number of alkyl halides is 2. The highest BCUT2D eigenvalue weighted by molar-refractivity contribution is 5.83.